The van der Waals surface area contributed by atoms with E-state index in [0.29, 0.717) is 0 Å². The van der Waals surface area contributed by atoms with Gasteiger partial charge < -0.3 is 60.1 Å². The summed E-state index contributed by atoms with van der Waals surface area (Å²) in [5.41, 5.74) is 2.24. The van der Waals surface area contributed by atoms with Crippen LogP contribution in [-0.4, -0.2) is 0 Å². The van der Waals surface area contributed by atoms with Crippen LogP contribution < -0.4 is 0 Å². The minimum Gasteiger partial charge on any atom is 2.00 e. The number of hydrogen-bond acceptors (Lipinski definition) is 2. The van der Waals surface area contributed by atoms with Crippen molar-refractivity contribution in [3.8, 4) is 0 Å². The van der Waals surface area contributed by atoms with Crippen LogP contribution in [0.5, 0.6) is 0 Å². The largest absolute Gasteiger partial charge is 2.00 e. The predicted octanol–water partition coefficient (Wildman–Crippen LogP) is 3.55. The maximum atomic E-state index is 7.50. The molecule has 0 fully saturated rings. The molecule has 0 amide bonds. The molecule has 0 aromatic carbocycles. The van der Waals surface area contributed by atoms with Crippen LogP contribution in [0.4, 0.5) is 0 Å². The minimum absolute atomic E-state index is 0. The van der Waals surface area contributed by atoms with Crippen LogP contribution in [0.25, 0.3) is 0 Å². The van der Waals surface area contributed by atoms with Crippen molar-refractivity contribution in [2.45, 2.75) is 40.5 Å². The standard InChI is InChI=1S/2C6H9S.4CO.2Fe/c2*1-3-6(4-2)5-7;4*1-2;;/h2*3H,4H2,1-2H3;;;;;;/q2*-3;;;;;2*+2. The van der Waals surface area contributed by atoms with Gasteiger partial charge in [-0.05, 0) is 0 Å². The van der Waals surface area contributed by atoms with E-state index in [2.05, 4.69) is 76.5 Å². The Labute approximate surface area is 179 Å². The van der Waals surface area contributed by atoms with Gasteiger partial charge in [0.1, 0.15) is 0 Å². The van der Waals surface area contributed by atoms with Crippen LogP contribution in [0.2, 0.25) is 0 Å². The molecule has 0 heterocycles. The van der Waals surface area contributed by atoms with E-state index in [1.807, 2.05) is 26.7 Å². The van der Waals surface area contributed by atoms with E-state index in [-0.39, 0.29) is 34.1 Å². The van der Waals surface area contributed by atoms with Crippen molar-refractivity contribution >= 4 is 25.3 Å². The van der Waals surface area contributed by atoms with E-state index in [1.54, 1.807) is 0 Å². The first kappa shape index (κ1) is 49.5. The fourth-order valence-electron chi connectivity index (χ4n) is 0.670. The molecule has 0 N–H and O–H groups in total. The van der Waals surface area contributed by atoms with Gasteiger partial charge in [0.15, 0.2) is 0 Å². The first-order chi connectivity index (χ1) is 10.7. The fourth-order valence-corrected chi connectivity index (χ4v) is 1.19. The van der Waals surface area contributed by atoms with Crippen LogP contribution in [-0.2, 0) is 78.0 Å². The summed E-state index contributed by atoms with van der Waals surface area (Å²) in [6.07, 6.45) is 5.96. The van der Waals surface area contributed by atoms with Gasteiger partial charge in [-0.1, -0.05) is 26.7 Å². The Hall–Kier alpha value is -0.341. The number of rotatable bonds is 4. The average molecular weight is 450 g/mol. The molecule has 0 aliphatic carbocycles. The fraction of sp³-hybridized carbons (Fsp3) is 0.375. The van der Waals surface area contributed by atoms with E-state index in [1.165, 1.54) is 0 Å². The van der Waals surface area contributed by atoms with Gasteiger partial charge >= 0.3 is 79.3 Å². The van der Waals surface area contributed by atoms with Gasteiger partial charge in [0.05, 0.1) is 0 Å². The summed E-state index contributed by atoms with van der Waals surface area (Å²) in [6, 6.07) is 0. The summed E-state index contributed by atoms with van der Waals surface area (Å²) >= 11 is 9.11. The van der Waals surface area contributed by atoms with Gasteiger partial charge in [-0.25, -0.2) is 0 Å². The van der Waals surface area contributed by atoms with Crippen LogP contribution in [0.3, 0.4) is 0 Å². The van der Waals surface area contributed by atoms with Gasteiger partial charge in [-0.2, -0.15) is 13.8 Å². The molecule has 8 heteroatoms. The predicted molar refractivity (Wildman–Crippen MR) is 84.5 cm³/mol. The van der Waals surface area contributed by atoms with Crippen molar-refractivity contribution in [3.63, 3.8) is 0 Å². The zero-order valence-electron chi connectivity index (χ0n) is 13.7. The maximum Gasteiger partial charge on any atom is 2.00 e. The van der Waals surface area contributed by atoms with Crippen molar-refractivity contribution < 1.29 is 52.7 Å². The second kappa shape index (κ2) is 78.2. The first-order valence-corrected chi connectivity index (χ1v) is 6.39. The van der Waals surface area contributed by atoms with Gasteiger partial charge in [-0.15, -0.1) is 0 Å². The molecule has 4 nitrogen and oxygen atoms in total. The van der Waals surface area contributed by atoms with E-state index in [9.17, 15) is 0 Å². The summed E-state index contributed by atoms with van der Waals surface area (Å²) in [7, 11) is 0. The molecular formula is C16H18Fe2O4S2-2. The topological polar surface area (TPSA) is 79.6 Å². The zero-order valence-corrected chi connectivity index (χ0v) is 17.6. The summed E-state index contributed by atoms with van der Waals surface area (Å²) in [5.74, 6) is 0. The molecule has 0 spiro atoms. The Bertz CT molecular complexity index is 267. The molecule has 0 bridgehead atoms. The quantitative estimate of drug-likeness (QED) is 0.284. The Morgan fingerprint density at radius 1 is 0.708 bits per heavy atom. The van der Waals surface area contributed by atoms with E-state index in [4.69, 9.17) is 18.6 Å². The molecule has 0 aromatic rings. The van der Waals surface area contributed by atoms with Gasteiger partial charge in [-0.3, -0.25) is 0 Å². The number of hydrogen-bond donors (Lipinski definition) is 0. The Morgan fingerprint density at radius 2 is 0.875 bits per heavy atom. The average Bonchev–Trinajstić information content (AvgIpc) is 2.65. The normalized spacial score (nSPS) is 7.00. The summed E-state index contributed by atoms with van der Waals surface area (Å²) in [5, 5.41) is 5.29. The van der Waals surface area contributed by atoms with E-state index in [0.717, 1.165) is 24.0 Å². The molecule has 0 radical (unpaired) electrons. The molecule has 0 aliphatic heterocycles. The molecule has 0 saturated carbocycles. The molecular weight excluding hydrogens is 432 g/mol. The molecule has 0 aromatic heterocycles. The maximum absolute atomic E-state index is 7.50. The minimum atomic E-state index is 0. The second-order valence-corrected chi connectivity index (χ2v) is 2.95. The van der Waals surface area contributed by atoms with Crippen molar-refractivity contribution in [2.75, 3.05) is 0 Å². The van der Waals surface area contributed by atoms with Crippen LogP contribution in [0.15, 0.2) is 11.1 Å². The van der Waals surface area contributed by atoms with Gasteiger partial charge in [0, 0.05) is 0 Å². The molecule has 24 heavy (non-hydrogen) atoms. The Balaban J connectivity index is -0.0000000237. The zero-order chi connectivity index (χ0) is 19.4. The van der Waals surface area contributed by atoms with Gasteiger partial charge in [0.2, 0.25) is 0 Å². The van der Waals surface area contributed by atoms with Crippen molar-refractivity contribution in [2.24, 2.45) is 0 Å². The molecule has 0 aliphatic rings. The summed E-state index contributed by atoms with van der Waals surface area (Å²) in [4.78, 5) is 0. The Morgan fingerprint density at radius 3 is 0.875 bits per heavy atom. The Kier molecular flexibility index (Phi) is 161. The molecule has 136 valence electrons. The van der Waals surface area contributed by atoms with Crippen molar-refractivity contribution in [1.82, 2.24) is 0 Å². The van der Waals surface area contributed by atoms with Crippen LogP contribution in [0.1, 0.15) is 40.5 Å². The van der Waals surface area contributed by atoms with Gasteiger partial charge in [0.25, 0.3) is 0 Å². The van der Waals surface area contributed by atoms with Crippen LogP contribution in [0, 0.1) is 50.3 Å². The third kappa shape index (κ3) is 68.0. The molecule has 0 rings (SSSR count). The summed E-state index contributed by atoms with van der Waals surface area (Å²) in [6.45, 7) is 26.1. The molecule has 0 atom stereocenters. The monoisotopic (exact) mass is 450 g/mol. The number of allylic oxidation sites excluding steroid dienone is 2. The third-order valence-corrected chi connectivity index (χ3v) is 2.25. The smallest absolute Gasteiger partial charge is 2.00 e. The van der Waals surface area contributed by atoms with E-state index >= 15 is 0 Å². The van der Waals surface area contributed by atoms with E-state index < -0.39 is 0 Å². The van der Waals surface area contributed by atoms with Crippen molar-refractivity contribution in [1.29, 1.82) is 0 Å². The summed E-state index contributed by atoms with van der Waals surface area (Å²) < 4.78 is 30.0. The van der Waals surface area contributed by atoms with Crippen LogP contribution >= 0.6 is 0 Å². The molecule has 0 unspecified atom stereocenters. The second-order valence-electron chi connectivity index (χ2n) is 2.54. The molecule has 0 saturated heterocycles. The SMILES string of the molecule is C[CH-]C(=[C-][S-])CC.C[CH-]C(=[C-][S-])CC.[C-]#[O+].[C-]#[O+].[C-]#[O+].[C-]#[O+].[Fe+2].[Fe+2]. The van der Waals surface area contributed by atoms with Crippen molar-refractivity contribution in [3.05, 3.63) is 61.4 Å². The first-order valence-electron chi connectivity index (χ1n) is 5.58. The third-order valence-electron chi connectivity index (χ3n) is 1.72.